The number of nitrogens with zero attached hydrogens (tertiary/aromatic N) is 3. The van der Waals surface area contributed by atoms with Crippen LogP contribution >= 0.6 is 0 Å². The fourth-order valence-electron chi connectivity index (χ4n) is 4.06. The molecule has 0 bridgehead atoms. The third-order valence-corrected chi connectivity index (χ3v) is 5.92. The molecule has 4 rings (SSSR count). The molecular formula is C25H25F3N6O3. The molecule has 12 heteroatoms. The van der Waals surface area contributed by atoms with Crippen molar-refractivity contribution in [2.45, 2.75) is 24.6 Å². The number of methoxy groups -OCH3 is 1. The molecule has 2 heterocycles. The van der Waals surface area contributed by atoms with Gasteiger partial charge in [-0.3, -0.25) is 4.79 Å². The monoisotopic (exact) mass is 514 g/mol. The Bertz CT molecular complexity index is 1250. The van der Waals surface area contributed by atoms with Crippen LogP contribution in [-0.4, -0.2) is 53.1 Å². The highest BCUT2D eigenvalue weighted by atomic mass is 19.4. The van der Waals surface area contributed by atoms with Crippen LogP contribution in [0.1, 0.15) is 23.5 Å². The van der Waals surface area contributed by atoms with Gasteiger partial charge in [-0.1, -0.05) is 36.9 Å². The van der Waals surface area contributed by atoms with E-state index < -0.39 is 29.6 Å². The Balaban J connectivity index is 1.63. The number of likely N-dealkylation sites (tertiary alicyclic amines) is 1. The molecule has 0 radical (unpaired) electrons. The van der Waals surface area contributed by atoms with Crippen molar-refractivity contribution in [3.8, 4) is 0 Å². The van der Waals surface area contributed by atoms with E-state index in [0.717, 1.165) is 11.6 Å². The maximum absolute atomic E-state index is 13.8. The lowest BCUT2D eigenvalue weighted by atomic mass is 9.99. The topological polar surface area (TPSA) is 108 Å². The Morgan fingerprint density at radius 3 is 2.65 bits per heavy atom. The third-order valence-electron chi connectivity index (χ3n) is 5.92. The van der Waals surface area contributed by atoms with Crippen LogP contribution in [0.15, 0.2) is 61.4 Å². The summed E-state index contributed by atoms with van der Waals surface area (Å²) >= 11 is 0. The molecular weight excluding hydrogens is 489 g/mol. The average Bonchev–Trinajstić information content (AvgIpc) is 3.57. The third kappa shape index (κ3) is 6.08. The van der Waals surface area contributed by atoms with E-state index in [-0.39, 0.29) is 29.3 Å². The number of allylic oxidation sites excluding steroid dienone is 4. The molecule has 3 N–H and O–H groups in total. The minimum Gasteiger partial charge on any atom is -0.453 e. The number of aromatic nitrogens is 2. The number of alkyl halides is 3. The van der Waals surface area contributed by atoms with Gasteiger partial charge in [-0.2, -0.15) is 18.2 Å². The zero-order valence-electron chi connectivity index (χ0n) is 19.9. The fraction of sp³-hybridized carbons (Fsp3) is 0.280. The minimum atomic E-state index is -4.74. The van der Waals surface area contributed by atoms with Crippen molar-refractivity contribution in [1.29, 1.82) is 0 Å². The number of hydrogen-bond acceptors (Lipinski definition) is 7. The van der Waals surface area contributed by atoms with Crippen LogP contribution in [-0.2, 0) is 15.7 Å². The molecule has 0 unspecified atom stereocenters. The second-order valence-electron chi connectivity index (χ2n) is 8.42. The molecule has 1 aliphatic heterocycles. The van der Waals surface area contributed by atoms with Gasteiger partial charge in [-0.15, -0.1) is 0 Å². The second-order valence-corrected chi connectivity index (χ2v) is 8.42. The maximum atomic E-state index is 13.8. The zero-order chi connectivity index (χ0) is 26.6. The predicted molar refractivity (Wildman–Crippen MR) is 133 cm³/mol. The van der Waals surface area contributed by atoms with Crippen molar-refractivity contribution < 1.29 is 27.5 Å². The quantitative estimate of drug-likeness (QED) is 0.455. The Labute approximate surface area is 211 Å². The molecule has 194 valence electrons. The smallest absolute Gasteiger partial charge is 0.421 e. The van der Waals surface area contributed by atoms with Gasteiger partial charge >= 0.3 is 12.3 Å². The molecule has 2 aromatic rings. The molecule has 1 aromatic carbocycles. The summed E-state index contributed by atoms with van der Waals surface area (Å²) in [5.41, 5.74) is 0.236. The van der Waals surface area contributed by atoms with Crippen molar-refractivity contribution in [2.75, 3.05) is 36.1 Å². The largest absolute Gasteiger partial charge is 0.453 e. The number of carbonyl (C=O) groups is 2. The molecule has 1 atom stereocenters. The molecule has 2 amide bonds. The van der Waals surface area contributed by atoms with Gasteiger partial charge in [0, 0.05) is 31.2 Å². The normalized spacial score (nSPS) is 17.1. The maximum Gasteiger partial charge on any atom is 0.421 e. The van der Waals surface area contributed by atoms with E-state index in [9.17, 15) is 22.8 Å². The Hall–Kier alpha value is -4.35. The van der Waals surface area contributed by atoms with Gasteiger partial charge in [0.05, 0.1) is 18.5 Å². The minimum absolute atomic E-state index is 0.0232. The summed E-state index contributed by atoms with van der Waals surface area (Å²) in [6.07, 6.45) is 4.77. The number of benzene rings is 1. The average molecular weight is 515 g/mol. The summed E-state index contributed by atoms with van der Waals surface area (Å²) in [6.45, 7) is 4.16. The van der Waals surface area contributed by atoms with Gasteiger partial charge in [0.2, 0.25) is 11.9 Å². The molecule has 37 heavy (non-hydrogen) atoms. The van der Waals surface area contributed by atoms with E-state index >= 15 is 0 Å². The summed E-state index contributed by atoms with van der Waals surface area (Å²) in [5, 5.41) is 8.33. The van der Waals surface area contributed by atoms with Gasteiger partial charge in [-0.25, -0.2) is 9.78 Å². The standard InChI is InChI=1S/C25H25F3N6O3/c1-3-21(35)31-20-12-16(15-6-4-5-7-15)8-9-19(20)32-22-18(25(26,27)28)13-29-23(33-22)30-17-10-11-34(14-17)24(36)37-2/h3-9,12-13,15,17H,1,10-11,14H2,2H3,(H,31,35)(H2,29,30,32,33)/t17-/m0/s1. The number of amides is 2. The molecule has 2 aliphatic rings. The van der Waals surface area contributed by atoms with E-state index in [1.165, 1.54) is 12.0 Å². The first-order valence-electron chi connectivity index (χ1n) is 11.4. The number of hydrogen-bond donors (Lipinski definition) is 3. The van der Waals surface area contributed by atoms with Gasteiger partial charge in [0.15, 0.2) is 0 Å². The Morgan fingerprint density at radius 1 is 1.22 bits per heavy atom. The highest BCUT2D eigenvalue weighted by molar-refractivity contribution is 6.01. The molecule has 1 aliphatic carbocycles. The highest BCUT2D eigenvalue weighted by Crippen LogP contribution is 2.37. The van der Waals surface area contributed by atoms with Gasteiger partial charge in [0.25, 0.3) is 0 Å². The van der Waals surface area contributed by atoms with Crippen LogP contribution < -0.4 is 16.0 Å². The second kappa shape index (κ2) is 10.7. The first-order chi connectivity index (χ1) is 17.7. The zero-order valence-corrected chi connectivity index (χ0v) is 19.9. The first-order valence-corrected chi connectivity index (χ1v) is 11.4. The lowest BCUT2D eigenvalue weighted by molar-refractivity contribution is -0.137. The number of anilines is 4. The molecule has 9 nitrogen and oxygen atoms in total. The fourth-order valence-corrected chi connectivity index (χ4v) is 4.06. The number of carbonyl (C=O) groups excluding carboxylic acids is 2. The SMILES string of the molecule is C=CC(=O)Nc1cc(C2C=CC=C2)ccc1Nc1nc(N[C@H]2CCN(C(=O)OC)C2)ncc1C(F)(F)F. The van der Waals surface area contributed by atoms with E-state index in [2.05, 4.69) is 32.5 Å². The van der Waals surface area contributed by atoms with Crippen molar-refractivity contribution in [3.05, 3.63) is 72.5 Å². The van der Waals surface area contributed by atoms with E-state index in [4.69, 9.17) is 4.74 Å². The number of rotatable bonds is 7. The summed E-state index contributed by atoms with van der Waals surface area (Å²) in [6, 6.07) is 4.75. The van der Waals surface area contributed by atoms with Crippen LogP contribution in [0, 0.1) is 0 Å². The summed E-state index contributed by atoms with van der Waals surface area (Å²) < 4.78 is 46.1. The van der Waals surface area contributed by atoms with Crippen molar-refractivity contribution in [1.82, 2.24) is 14.9 Å². The molecule has 1 fully saturated rings. The van der Waals surface area contributed by atoms with E-state index in [1.807, 2.05) is 24.3 Å². The lowest BCUT2D eigenvalue weighted by Gasteiger charge is -2.19. The number of halogens is 3. The van der Waals surface area contributed by atoms with Gasteiger partial charge < -0.3 is 25.6 Å². The van der Waals surface area contributed by atoms with Crippen molar-refractivity contribution in [2.24, 2.45) is 0 Å². The Kier molecular flexibility index (Phi) is 7.46. The molecule has 1 saturated heterocycles. The highest BCUT2D eigenvalue weighted by Gasteiger charge is 2.36. The molecule has 1 aromatic heterocycles. The summed E-state index contributed by atoms with van der Waals surface area (Å²) in [7, 11) is 1.28. The van der Waals surface area contributed by atoms with Crippen LogP contribution in [0.2, 0.25) is 0 Å². The first kappa shape index (κ1) is 25.7. The van der Waals surface area contributed by atoms with Crippen LogP contribution in [0.25, 0.3) is 0 Å². The van der Waals surface area contributed by atoms with E-state index in [1.54, 1.807) is 18.2 Å². The Morgan fingerprint density at radius 2 is 1.97 bits per heavy atom. The summed E-state index contributed by atoms with van der Waals surface area (Å²) in [4.78, 5) is 33.2. The van der Waals surface area contributed by atoms with Crippen LogP contribution in [0.4, 0.5) is 41.1 Å². The lowest BCUT2D eigenvalue weighted by Crippen LogP contribution is -2.31. The van der Waals surface area contributed by atoms with Gasteiger partial charge in [0.1, 0.15) is 11.4 Å². The van der Waals surface area contributed by atoms with Gasteiger partial charge in [-0.05, 0) is 30.2 Å². The van der Waals surface area contributed by atoms with Crippen molar-refractivity contribution in [3.63, 3.8) is 0 Å². The molecule has 0 spiro atoms. The van der Waals surface area contributed by atoms with Crippen LogP contribution in [0.5, 0.6) is 0 Å². The van der Waals surface area contributed by atoms with E-state index in [0.29, 0.717) is 25.7 Å². The van der Waals surface area contributed by atoms with Crippen LogP contribution in [0.3, 0.4) is 0 Å². The number of ether oxygens (including phenoxy) is 1. The number of nitrogens with one attached hydrogen (secondary N) is 3. The predicted octanol–water partition coefficient (Wildman–Crippen LogP) is 4.83. The van der Waals surface area contributed by atoms with Crippen molar-refractivity contribution >= 4 is 35.1 Å². The summed E-state index contributed by atoms with van der Waals surface area (Å²) in [5.74, 6) is -1.07. The molecule has 0 saturated carbocycles.